The van der Waals surface area contributed by atoms with Crippen LogP contribution in [0.15, 0.2) is 18.2 Å². The zero-order valence-corrected chi connectivity index (χ0v) is 17.2. The largest absolute Gasteiger partial charge is 0.487 e. The normalized spacial score (nSPS) is 19.5. The molecule has 25 heavy (non-hydrogen) atoms. The summed E-state index contributed by atoms with van der Waals surface area (Å²) in [6.07, 6.45) is 4.33. The van der Waals surface area contributed by atoms with Gasteiger partial charge in [0.1, 0.15) is 11.4 Å². The molecular weight excluding hydrogens is 334 g/mol. The van der Waals surface area contributed by atoms with Crippen LogP contribution in [-0.2, 0) is 10.0 Å². The van der Waals surface area contributed by atoms with Gasteiger partial charge in [0, 0.05) is 18.5 Å². The molecule has 5 heteroatoms. The van der Waals surface area contributed by atoms with Gasteiger partial charge in [-0.1, -0.05) is 44.9 Å². The van der Waals surface area contributed by atoms with E-state index < -0.39 is 10.0 Å². The molecule has 0 spiro atoms. The molecule has 0 fully saturated rings. The molecule has 142 valence electrons. The van der Waals surface area contributed by atoms with Crippen LogP contribution in [0.1, 0.15) is 77.0 Å². The fraction of sp³-hybridized carbons (Fsp3) is 0.700. The zero-order valence-electron chi connectivity index (χ0n) is 16.3. The molecule has 0 saturated carbocycles. The Morgan fingerprint density at radius 1 is 1.20 bits per heavy atom. The van der Waals surface area contributed by atoms with Crippen molar-refractivity contribution in [1.29, 1.82) is 0 Å². The highest BCUT2D eigenvalue weighted by Crippen LogP contribution is 2.46. The Morgan fingerprint density at radius 3 is 2.44 bits per heavy atom. The highest BCUT2D eigenvalue weighted by Gasteiger charge is 2.43. The summed E-state index contributed by atoms with van der Waals surface area (Å²) >= 11 is 0. The first-order chi connectivity index (χ1) is 11.8. The molecule has 0 bridgehead atoms. The minimum Gasteiger partial charge on any atom is -0.487 e. The molecule has 0 N–H and O–H groups in total. The lowest BCUT2D eigenvalue weighted by molar-refractivity contribution is 0.0105. The summed E-state index contributed by atoms with van der Waals surface area (Å²) in [5.74, 6) is 0.985. The van der Waals surface area contributed by atoms with Crippen LogP contribution in [0, 0.1) is 6.92 Å². The lowest BCUT2D eigenvalue weighted by Gasteiger charge is -2.45. The van der Waals surface area contributed by atoms with Crippen LogP contribution in [0.4, 0.5) is 0 Å². The van der Waals surface area contributed by atoms with Crippen molar-refractivity contribution in [2.45, 2.75) is 78.4 Å². The molecule has 1 aliphatic heterocycles. The molecule has 1 unspecified atom stereocenters. The standard InChI is InChI=1S/C20H33NO3S/c1-6-10-13-21(25(22,23)9-4)18-15-20(7-2,8-3)24-19-12-11-16(5)14-17(18)19/h11-12,14,18H,6-10,13,15H2,1-5H3. The van der Waals surface area contributed by atoms with E-state index in [1.54, 1.807) is 11.2 Å². The summed E-state index contributed by atoms with van der Waals surface area (Å²) in [6.45, 7) is 10.7. The molecule has 0 radical (unpaired) electrons. The lowest BCUT2D eigenvalue weighted by Crippen LogP contribution is -2.47. The van der Waals surface area contributed by atoms with Gasteiger partial charge in [-0.05, 0) is 39.2 Å². The van der Waals surface area contributed by atoms with Crippen molar-refractivity contribution in [2.24, 2.45) is 0 Å². The summed E-state index contributed by atoms with van der Waals surface area (Å²) in [5, 5.41) is 0. The van der Waals surface area contributed by atoms with Gasteiger partial charge in [-0.2, -0.15) is 4.31 Å². The zero-order chi connectivity index (χ0) is 18.7. The van der Waals surface area contributed by atoms with Crippen LogP contribution in [0.3, 0.4) is 0 Å². The summed E-state index contributed by atoms with van der Waals surface area (Å²) in [6, 6.07) is 6.01. The van der Waals surface area contributed by atoms with E-state index in [9.17, 15) is 8.42 Å². The number of sulfonamides is 1. The minimum atomic E-state index is -3.28. The van der Waals surface area contributed by atoms with Gasteiger partial charge in [0.25, 0.3) is 0 Å². The minimum absolute atomic E-state index is 0.139. The van der Waals surface area contributed by atoms with E-state index in [1.165, 1.54) is 0 Å². The van der Waals surface area contributed by atoms with Gasteiger partial charge in [0.05, 0.1) is 11.8 Å². The first kappa shape index (κ1) is 20.2. The monoisotopic (exact) mass is 367 g/mol. The van der Waals surface area contributed by atoms with E-state index in [4.69, 9.17) is 4.74 Å². The Morgan fingerprint density at radius 2 is 1.88 bits per heavy atom. The number of aryl methyl sites for hydroxylation is 1. The molecule has 0 saturated heterocycles. The fourth-order valence-corrected chi connectivity index (χ4v) is 4.98. The maximum Gasteiger partial charge on any atom is 0.214 e. The van der Waals surface area contributed by atoms with Crippen LogP contribution < -0.4 is 4.74 Å². The molecule has 0 aromatic heterocycles. The summed E-state index contributed by atoms with van der Waals surface area (Å²) in [4.78, 5) is 0. The van der Waals surface area contributed by atoms with Crippen molar-refractivity contribution >= 4 is 10.0 Å². The Bertz CT molecular complexity index is 680. The number of hydrogen-bond acceptors (Lipinski definition) is 3. The maximum atomic E-state index is 12.9. The highest BCUT2D eigenvalue weighted by atomic mass is 32.2. The summed E-state index contributed by atoms with van der Waals surface area (Å²) < 4.78 is 33.9. The number of fused-ring (bicyclic) bond motifs is 1. The van der Waals surface area contributed by atoms with Crippen LogP contribution in [0.5, 0.6) is 5.75 Å². The Kier molecular flexibility index (Phi) is 6.55. The van der Waals surface area contributed by atoms with Crippen LogP contribution in [-0.4, -0.2) is 30.6 Å². The van der Waals surface area contributed by atoms with Gasteiger partial charge in [-0.25, -0.2) is 8.42 Å². The lowest BCUT2D eigenvalue weighted by atomic mass is 9.83. The van der Waals surface area contributed by atoms with E-state index in [-0.39, 0.29) is 17.4 Å². The molecule has 1 aromatic carbocycles. The van der Waals surface area contributed by atoms with Crippen molar-refractivity contribution in [2.75, 3.05) is 12.3 Å². The van der Waals surface area contributed by atoms with E-state index in [0.29, 0.717) is 6.54 Å². The van der Waals surface area contributed by atoms with E-state index in [2.05, 4.69) is 26.8 Å². The molecule has 1 heterocycles. The van der Waals surface area contributed by atoms with Gasteiger partial charge >= 0.3 is 0 Å². The first-order valence-electron chi connectivity index (χ1n) is 9.61. The Labute approximate surface area is 153 Å². The molecule has 1 aromatic rings. The van der Waals surface area contributed by atoms with Crippen molar-refractivity contribution in [3.8, 4) is 5.75 Å². The number of benzene rings is 1. The molecule has 0 amide bonds. The molecular formula is C20H33NO3S. The molecule has 1 aliphatic rings. The second kappa shape index (κ2) is 8.09. The van der Waals surface area contributed by atoms with Crippen LogP contribution >= 0.6 is 0 Å². The smallest absolute Gasteiger partial charge is 0.214 e. The summed E-state index contributed by atoms with van der Waals surface area (Å²) in [7, 11) is -3.28. The predicted octanol–water partition coefficient (Wildman–Crippen LogP) is 4.83. The van der Waals surface area contributed by atoms with Crippen LogP contribution in [0.2, 0.25) is 0 Å². The Balaban J connectivity index is 2.56. The molecule has 1 atom stereocenters. The number of nitrogens with zero attached hydrogens (tertiary/aromatic N) is 1. The van der Waals surface area contributed by atoms with Crippen LogP contribution in [0.25, 0.3) is 0 Å². The SMILES string of the molecule is CCCCN(C1CC(CC)(CC)Oc2ccc(C)cc21)S(=O)(=O)CC. The van der Waals surface area contributed by atoms with E-state index in [1.807, 2.05) is 19.1 Å². The van der Waals surface area contributed by atoms with Crippen molar-refractivity contribution in [1.82, 2.24) is 4.31 Å². The quantitative estimate of drug-likeness (QED) is 0.661. The maximum absolute atomic E-state index is 12.9. The number of ether oxygens (including phenoxy) is 1. The van der Waals surface area contributed by atoms with Crippen molar-refractivity contribution < 1.29 is 13.2 Å². The second-order valence-electron chi connectivity index (χ2n) is 7.12. The third kappa shape index (κ3) is 4.20. The average Bonchev–Trinajstić information content (AvgIpc) is 2.61. The summed E-state index contributed by atoms with van der Waals surface area (Å²) in [5.41, 5.74) is 1.86. The van der Waals surface area contributed by atoms with Gasteiger partial charge in [0.2, 0.25) is 10.0 Å². The first-order valence-corrected chi connectivity index (χ1v) is 11.2. The number of rotatable bonds is 8. The van der Waals surface area contributed by atoms with Gasteiger partial charge in [-0.15, -0.1) is 0 Å². The van der Waals surface area contributed by atoms with Crippen molar-refractivity contribution in [3.63, 3.8) is 0 Å². The molecule has 2 rings (SSSR count). The molecule has 4 nitrogen and oxygen atoms in total. The number of unbranched alkanes of at least 4 members (excludes halogenated alkanes) is 1. The van der Waals surface area contributed by atoms with Gasteiger partial charge in [0.15, 0.2) is 0 Å². The van der Waals surface area contributed by atoms with Crippen molar-refractivity contribution in [3.05, 3.63) is 29.3 Å². The third-order valence-corrected chi connectivity index (χ3v) is 7.39. The van der Waals surface area contributed by atoms with Gasteiger partial charge in [-0.3, -0.25) is 0 Å². The Hall–Kier alpha value is -1.07. The highest BCUT2D eigenvalue weighted by molar-refractivity contribution is 7.89. The fourth-order valence-electron chi connectivity index (χ4n) is 3.67. The van der Waals surface area contributed by atoms with E-state index >= 15 is 0 Å². The molecule has 0 aliphatic carbocycles. The van der Waals surface area contributed by atoms with Gasteiger partial charge < -0.3 is 4.74 Å². The van der Waals surface area contributed by atoms with E-state index in [0.717, 1.165) is 49.0 Å². The number of hydrogen-bond donors (Lipinski definition) is 0. The predicted molar refractivity (Wildman–Crippen MR) is 104 cm³/mol. The third-order valence-electron chi connectivity index (χ3n) is 5.51. The topological polar surface area (TPSA) is 46.6 Å². The average molecular weight is 368 g/mol. The second-order valence-corrected chi connectivity index (χ2v) is 9.33.